The molecule has 0 saturated heterocycles. The van der Waals surface area contributed by atoms with Gasteiger partial charge in [-0.2, -0.15) is 4.98 Å². The number of non-ortho nitro benzene ring substituents is 1. The van der Waals surface area contributed by atoms with Crippen LogP contribution >= 0.6 is 0 Å². The molecule has 1 aromatic carbocycles. The Morgan fingerprint density at radius 1 is 1.35 bits per heavy atom. The number of oxazole rings is 1. The maximum Gasteiger partial charge on any atom is 0.270 e. The fourth-order valence-corrected chi connectivity index (χ4v) is 1.81. The van der Waals surface area contributed by atoms with E-state index in [-0.39, 0.29) is 11.6 Å². The Morgan fingerprint density at radius 3 is 2.95 bits per heavy atom. The summed E-state index contributed by atoms with van der Waals surface area (Å²) in [6.45, 7) is 0. The molecular weight excluding hydrogens is 262 g/mol. The molecule has 0 amide bonds. The number of nitrogens with zero attached hydrogens (tertiary/aromatic N) is 4. The first-order valence-electron chi connectivity index (χ1n) is 5.73. The number of rotatable bonds is 3. The number of nitro benzene ring substituents is 1. The summed E-state index contributed by atoms with van der Waals surface area (Å²) in [7, 11) is 1.71. The van der Waals surface area contributed by atoms with Gasteiger partial charge in [-0.15, -0.1) is 0 Å². The molecule has 3 rings (SSSR count). The molecule has 0 aliphatic carbocycles. The number of fused-ring (bicyclic) bond motifs is 1. The van der Waals surface area contributed by atoms with Crippen LogP contribution in [0, 0.1) is 10.1 Å². The molecule has 0 bridgehead atoms. The number of nitro groups is 1. The zero-order valence-corrected chi connectivity index (χ0v) is 10.4. The van der Waals surface area contributed by atoms with Crippen LogP contribution in [0.3, 0.4) is 0 Å². The van der Waals surface area contributed by atoms with Crippen LogP contribution in [0.15, 0.2) is 35.0 Å². The Labute approximate surface area is 112 Å². The van der Waals surface area contributed by atoms with E-state index in [1.54, 1.807) is 19.2 Å². The smallest absolute Gasteiger partial charge is 0.270 e. The average molecular weight is 271 g/mol. The van der Waals surface area contributed by atoms with Gasteiger partial charge in [-0.3, -0.25) is 10.1 Å². The van der Waals surface area contributed by atoms with Gasteiger partial charge >= 0.3 is 0 Å². The van der Waals surface area contributed by atoms with E-state index in [1.165, 1.54) is 18.5 Å². The van der Waals surface area contributed by atoms with Crippen molar-refractivity contribution in [1.29, 1.82) is 0 Å². The molecule has 100 valence electrons. The minimum Gasteiger partial charge on any atom is -0.417 e. The van der Waals surface area contributed by atoms with Gasteiger partial charge in [0.1, 0.15) is 6.33 Å². The maximum atomic E-state index is 10.8. The highest BCUT2D eigenvalue weighted by molar-refractivity contribution is 5.83. The highest BCUT2D eigenvalue weighted by atomic mass is 16.6. The van der Waals surface area contributed by atoms with Crippen LogP contribution in [0.5, 0.6) is 0 Å². The lowest BCUT2D eigenvalue weighted by molar-refractivity contribution is -0.384. The topological polar surface area (TPSA) is 107 Å². The summed E-state index contributed by atoms with van der Waals surface area (Å²) < 4.78 is 5.51. The predicted octanol–water partition coefficient (Wildman–Crippen LogP) is 2.23. The summed E-state index contributed by atoms with van der Waals surface area (Å²) in [6, 6.07) is 6.07. The van der Waals surface area contributed by atoms with Crippen LogP contribution in [0.25, 0.3) is 22.7 Å². The number of hydrogen-bond acceptors (Lipinski definition) is 7. The lowest BCUT2D eigenvalue weighted by Crippen LogP contribution is -1.93. The van der Waals surface area contributed by atoms with Gasteiger partial charge in [-0.05, 0) is 6.07 Å². The number of nitrogens with one attached hydrogen (secondary N) is 1. The van der Waals surface area contributed by atoms with E-state index in [0.717, 1.165) is 0 Å². The minimum atomic E-state index is -0.467. The molecule has 0 aliphatic rings. The Morgan fingerprint density at radius 2 is 2.20 bits per heavy atom. The normalized spacial score (nSPS) is 10.7. The monoisotopic (exact) mass is 271 g/mol. The molecule has 8 heteroatoms. The third kappa shape index (κ3) is 1.92. The molecule has 20 heavy (non-hydrogen) atoms. The first-order chi connectivity index (χ1) is 9.69. The number of benzene rings is 1. The zero-order valence-electron chi connectivity index (χ0n) is 10.4. The van der Waals surface area contributed by atoms with Gasteiger partial charge in [0.15, 0.2) is 11.3 Å². The van der Waals surface area contributed by atoms with Gasteiger partial charge in [0.05, 0.1) is 4.92 Å². The SMILES string of the molecule is CNc1ncnc2oc(-c3cccc([N+](=O)[O-])c3)nc12. The number of aromatic nitrogens is 3. The molecule has 8 nitrogen and oxygen atoms in total. The second-order valence-corrected chi connectivity index (χ2v) is 3.95. The maximum absolute atomic E-state index is 10.8. The zero-order chi connectivity index (χ0) is 14.1. The molecule has 2 aromatic heterocycles. The highest BCUT2D eigenvalue weighted by Crippen LogP contribution is 2.27. The highest BCUT2D eigenvalue weighted by Gasteiger charge is 2.15. The molecule has 0 aliphatic heterocycles. The lowest BCUT2D eigenvalue weighted by Gasteiger charge is -1.95. The third-order valence-corrected chi connectivity index (χ3v) is 2.74. The van der Waals surface area contributed by atoms with Crippen LogP contribution in [-0.4, -0.2) is 26.9 Å². The molecule has 1 N–H and O–H groups in total. The molecule has 0 atom stereocenters. The van der Waals surface area contributed by atoms with Crippen molar-refractivity contribution in [2.24, 2.45) is 0 Å². The molecule has 0 radical (unpaired) electrons. The lowest BCUT2D eigenvalue weighted by atomic mass is 10.2. The van der Waals surface area contributed by atoms with Gasteiger partial charge in [0.2, 0.25) is 5.89 Å². The van der Waals surface area contributed by atoms with Crippen LogP contribution in [0.1, 0.15) is 0 Å². The van der Waals surface area contributed by atoms with E-state index in [1.807, 2.05) is 0 Å². The van der Waals surface area contributed by atoms with Crippen molar-refractivity contribution in [3.8, 4) is 11.5 Å². The van der Waals surface area contributed by atoms with Gasteiger partial charge < -0.3 is 9.73 Å². The summed E-state index contributed by atoms with van der Waals surface area (Å²) in [5.74, 6) is 0.802. The molecular formula is C12H9N5O3. The van der Waals surface area contributed by atoms with Crippen molar-refractivity contribution >= 4 is 22.7 Å². The second kappa shape index (κ2) is 4.57. The van der Waals surface area contributed by atoms with Crippen molar-refractivity contribution in [1.82, 2.24) is 15.0 Å². The van der Waals surface area contributed by atoms with E-state index in [2.05, 4.69) is 20.3 Å². The van der Waals surface area contributed by atoms with E-state index in [0.29, 0.717) is 22.6 Å². The standard InChI is InChI=1S/C12H9N5O3/c1-13-10-9-12(15-6-14-10)20-11(16-9)7-3-2-4-8(5-7)17(18)19/h2-6H,1H3,(H,13,14,15). The summed E-state index contributed by atoms with van der Waals surface area (Å²) in [5, 5.41) is 13.7. The number of hydrogen-bond donors (Lipinski definition) is 1. The van der Waals surface area contributed by atoms with Crippen LogP contribution < -0.4 is 5.32 Å². The fraction of sp³-hybridized carbons (Fsp3) is 0.0833. The quantitative estimate of drug-likeness (QED) is 0.574. The molecule has 3 aromatic rings. The molecule has 0 saturated carbocycles. The Hall–Kier alpha value is -3.03. The Bertz CT molecular complexity index is 799. The van der Waals surface area contributed by atoms with Crippen LogP contribution in [-0.2, 0) is 0 Å². The largest absolute Gasteiger partial charge is 0.417 e. The molecule has 0 unspecified atom stereocenters. The van der Waals surface area contributed by atoms with Gasteiger partial charge in [-0.1, -0.05) is 6.07 Å². The van der Waals surface area contributed by atoms with Crippen molar-refractivity contribution in [3.63, 3.8) is 0 Å². The van der Waals surface area contributed by atoms with E-state index < -0.39 is 4.92 Å². The van der Waals surface area contributed by atoms with E-state index >= 15 is 0 Å². The van der Waals surface area contributed by atoms with Gasteiger partial charge in [0, 0.05) is 24.7 Å². The first-order valence-corrected chi connectivity index (χ1v) is 5.73. The van der Waals surface area contributed by atoms with Crippen molar-refractivity contribution in [2.75, 3.05) is 12.4 Å². The minimum absolute atomic E-state index is 0.0234. The summed E-state index contributed by atoms with van der Waals surface area (Å²) in [5.41, 5.74) is 1.30. The molecule has 2 heterocycles. The van der Waals surface area contributed by atoms with Gasteiger partial charge in [0.25, 0.3) is 11.4 Å². The Balaban J connectivity index is 2.15. The Kier molecular flexibility index (Phi) is 2.75. The van der Waals surface area contributed by atoms with Crippen LogP contribution in [0.4, 0.5) is 11.5 Å². The molecule has 0 spiro atoms. The predicted molar refractivity (Wildman–Crippen MR) is 71.2 cm³/mol. The summed E-state index contributed by atoms with van der Waals surface area (Å²) in [4.78, 5) is 22.6. The van der Waals surface area contributed by atoms with Crippen molar-refractivity contribution < 1.29 is 9.34 Å². The van der Waals surface area contributed by atoms with E-state index in [9.17, 15) is 10.1 Å². The first kappa shape index (κ1) is 12.0. The third-order valence-electron chi connectivity index (χ3n) is 2.74. The average Bonchev–Trinajstić information content (AvgIpc) is 2.91. The second-order valence-electron chi connectivity index (χ2n) is 3.95. The van der Waals surface area contributed by atoms with Crippen molar-refractivity contribution in [3.05, 3.63) is 40.7 Å². The van der Waals surface area contributed by atoms with Gasteiger partial charge in [-0.25, -0.2) is 9.97 Å². The van der Waals surface area contributed by atoms with Crippen molar-refractivity contribution in [2.45, 2.75) is 0 Å². The number of anilines is 1. The summed E-state index contributed by atoms with van der Waals surface area (Å²) >= 11 is 0. The molecule has 0 fully saturated rings. The summed E-state index contributed by atoms with van der Waals surface area (Å²) in [6.07, 6.45) is 1.36. The van der Waals surface area contributed by atoms with Crippen LogP contribution in [0.2, 0.25) is 0 Å². The fourth-order valence-electron chi connectivity index (χ4n) is 1.81. The van der Waals surface area contributed by atoms with E-state index in [4.69, 9.17) is 4.42 Å².